The summed E-state index contributed by atoms with van der Waals surface area (Å²) in [6.07, 6.45) is 1.79. The lowest BCUT2D eigenvalue weighted by Crippen LogP contribution is -2.71. The van der Waals surface area contributed by atoms with Crippen LogP contribution >= 0.6 is 23.1 Å². The summed E-state index contributed by atoms with van der Waals surface area (Å²) in [7, 11) is 0. The number of thioether (sulfide) groups is 1. The second kappa shape index (κ2) is 12.4. The van der Waals surface area contributed by atoms with Crippen molar-refractivity contribution in [1.82, 2.24) is 15.2 Å². The van der Waals surface area contributed by atoms with Crippen molar-refractivity contribution in [1.29, 1.82) is 0 Å². The van der Waals surface area contributed by atoms with Crippen LogP contribution in [-0.4, -0.2) is 74.6 Å². The summed E-state index contributed by atoms with van der Waals surface area (Å²) in [6, 6.07) is 7.93. The monoisotopic (exact) mass is 571 g/mol. The number of esters is 1. The molecule has 0 spiro atoms. The topological polar surface area (TPSA) is 177 Å². The molecule has 1 unspecified atom stereocenters. The predicted molar refractivity (Wildman–Crippen MR) is 140 cm³/mol. The van der Waals surface area contributed by atoms with E-state index in [4.69, 9.17) is 9.57 Å². The molecule has 2 atom stereocenters. The largest absolute Gasteiger partial charge is 0.477 e. The predicted octanol–water partition coefficient (Wildman–Crippen LogP) is 1.10. The second-order valence-corrected chi connectivity index (χ2v) is 9.87. The van der Waals surface area contributed by atoms with Crippen molar-refractivity contribution in [2.75, 3.05) is 17.7 Å². The third kappa shape index (κ3) is 6.15. The maximum absolute atomic E-state index is 13.2. The van der Waals surface area contributed by atoms with Crippen molar-refractivity contribution >= 4 is 64.1 Å². The smallest absolute Gasteiger partial charge is 0.352 e. The number of oxime groups is 1. The fraction of sp³-hybridized carbons (Fsp3) is 0.208. The summed E-state index contributed by atoms with van der Waals surface area (Å²) in [5.74, 6) is -3.21. The zero-order valence-corrected chi connectivity index (χ0v) is 21.7. The molecule has 0 radical (unpaired) electrons. The van der Waals surface area contributed by atoms with Gasteiger partial charge in [-0.05, 0) is 11.1 Å². The molecular formula is C24H21N5O8S2. The Labute approximate surface area is 229 Å². The number of carboxylic acid groups (broad SMARTS) is 1. The number of fused-ring (bicyclic) bond motifs is 1. The summed E-state index contributed by atoms with van der Waals surface area (Å²) >= 11 is 2.27. The lowest BCUT2D eigenvalue weighted by atomic mass is 10.0. The number of carboxylic acids is 1. The number of hydrogen-bond acceptors (Lipinski definition) is 11. The number of allylic oxidation sites excluding steroid dienone is 1. The van der Waals surface area contributed by atoms with Gasteiger partial charge in [0.2, 0.25) is 13.0 Å². The number of nitrogens with zero attached hydrogens (tertiary/aromatic N) is 3. The lowest BCUT2D eigenvalue weighted by molar-refractivity contribution is -0.150. The molecule has 3 N–H and O–H groups in total. The molecule has 1 saturated heterocycles. The first-order chi connectivity index (χ1) is 18.8. The first kappa shape index (κ1) is 27.5. The average molecular weight is 572 g/mol. The maximum Gasteiger partial charge on any atom is 0.352 e. The Balaban J connectivity index is 1.45. The van der Waals surface area contributed by atoms with Gasteiger partial charge in [-0.1, -0.05) is 48.1 Å². The fourth-order valence-corrected chi connectivity index (χ4v) is 5.64. The van der Waals surface area contributed by atoms with Gasteiger partial charge in [-0.2, -0.15) is 0 Å². The minimum Gasteiger partial charge on any atom is -0.477 e. The van der Waals surface area contributed by atoms with Gasteiger partial charge in [-0.15, -0.1) is 23.1 Å². The molecule has 39 heavy (non-hydrogen) atoms. The van der Waals surface area contributed by atoms with Gasteiger partial charge in [-0.3, -0.25) is 19.3 Å². The highest BCUT2D eigenvalue weighted by atomic mass is 32.2. The van der Waals surface area contributed by atoms with Crippen molar-refractivity contribution in [3.8, 4) is 0 Å². The lowest BCUT2D eigenvalue weighted by Gasteiger charge is -2.49. The average Bonchev–Trinajstić information content (AvgIpc) is 3.40. The standard InChI is InChI=1S/C24H21N5O8S2/c1-2-14-10-38-22-18(21(33)29(22)19(14)23(34)35)27-20(32)17(15-11-39-24(26-15)25-12-30)28-37-9-16(31)36-8-13-6-4-3-5-7-13/h2-7,11-12,18,22H,1,8-10H2,(H,27,32)(H,34,35)(H,25,26,30)/t18?,22-/m0/s1. The van der Waals surface area contributed by atoms with Crippen molar-refractivity contribution < 1.29 is 38.7 Å². The summed E-state index contributed by atoms with van der Waals surface area (Å²) in [5, 5.41) is 19.2. The van der Waals surface area contributed by atoms with Crippen LogP contribution in [0.1, 0.15) is 11.3 Å². The number of hydrogen-bond donors (Lipinski definition) is 3. The SMILES string of the molecule is C=CC1=C(C(=O)O)N2C(=O)C(NC(=O)C(=NOCC(=O)OCc3ccccc3)c3csc(NC=O)n3)[C@@H]2SC1. The zero-order chi connectivity index (χ0) is 27.9. The highest BCUT2D eigenvalue weighted by Crippen LogP contribution is 2.40. The number of β-lactam (4-membered cyclic amide) rings is 1. The summed E-state index contributed by atoms with van der Waals surface area (Å²) in [4.78, 5) is 70.8. The van der Waals surface area contributed by atoms with E-state index >= 15 is 0 Å². The Morgan fingerprint density at radius 3 is 2.74 bits per heavy atom. The normalized spacial score (nSPS) is 18.4. The van der Waals surface area contributed by atoms with Crippen LogP contribution in [0.25, 0.3) is 0 Å². The zero-order valence-electron chi connectivity index (χ0n) is 20.1. The summed E-state index contributed by atoms with van der Waals surface area (Å²) in [5.41, 5.74) is 0.635. The van der Waals surface area contributed by atoms with Gasteiger partial charge in [0.1, 0.15) is 29.4 Å². The van der Waals surface area contributed by atoms with Gasteiger partial charge < -0.3 is 25.3 Å². The quantitative estimate of drug-likeness (QED) is 0.110. The number of anilines is 1. The number of carbonyl (C=O) groups excluding carboxylic acids is 4. The van der Waals surface area contributed by atoms with Crippen LogP contribution in [0.3, 0.4) is 0 Å². The van der Waals surface area contributed by atoms with E-state index in [1.807, 2.05) is 6.07 Å². The molecule has 0 saturated carbocycles. The Morgan fingerprint density at radius 1 is 1.28 bits per heavy atom. The minimum atomic E-state index is -1.28. The van der Waals surface area contributed by atoms with Crippen LogP contribution in [0.4, 0.5) is 5.13 Å². The van der Waals surface area contributed by atoms with E-state index < -0.39 is 41.8 Å². The van der Waals surface area contributed by atoms with Crippen molar-refractivity contribution in [2.45, 2.75) is 18.0 Å². The number of aromatic nitrogens is 1. The highest BCUT2D eigenvalue weighted by molar-refractivity contribution is 8.00. The summed E-state index contributed by atoms with van der Waals surface area (Å²) in [6.45, 7) is 3.00. The molecule has 1 aromatic heterocycles. The third-order valence-corrected chi connectivity index (χ3v) is 7.53. The molecule has 2 aliphatic heterocycles. The van der Waals surface area contributed by atoms with E-state index in [2.05, 4.69) is 27.4 Å². The van der Waals surface area contributed by atoms with Crippen molar-refractivity contribution in [2.24, 2.45) is 5.16 Å². The first-order valence-electron chi connectivity index (χ1n) is 11.2. The van der Waals surface area contributed by atoms with E-state index in [0.717, 1.165) is 21.8 Å². The second-order valence-electron chi connectivity index (χ2n) is 7.90. The number of nitrogens with one attached hydrogen (secondary N) is 2. The van der Waals surface area contributed by atoms with E-state index in [1.165, 1.54) is 23.2 Å². The molecule has 0 bridgehead atoms. The molecule has 3 amide bonds. The minimum absolute atomic E-state index is 0.0134. The van der Waals surface area contributed by atoms with Gasteiger partial charge in [0.15, 0.2) is 10.8 Å². The fourth-order valence-electron chi connectivity index (χ4n) is 3.64. The van der Waals surface area contributed by atoms with Crippen molar-refractivity contribution in [3.05, 3.63) is 70.9 Å². The van der Waals surface area contributed by atoms with Crippen LogP contribution in [0.2, 0.25) is 0 Å². The van der Waals surface area contributed by atoms with Crippen LogP contribution in [0.15, 0.2) is 64.8 Å². The molecule has 1 fully saturated rings. The highest BCUT2D eigenvalue weighted by Gasteiger charge is 2.54. The van der Waals surface area contributed by atoms with Gasteiger partial charge in [0, 0.05) is 11.1 Å². The van der Waals surface area contributed by atoms with Crippen LogP contribution in [0.5, 0.6) is 0 Å². The van der Waals surface area contributed by atoms with Gasteiger partial charge in [0.05, 0.1) is 0 Å². The van der Waals surface area contributed by atoms with E-state index in [9.17, 15) is 29.1 Å². The van der Waals surface area contributed by atoms with Gasteiger partial charge in [-0.25, -0.2) is 14.6 Å². The number of thiazole rings is 1. The number of aliphatic carboxylic acids is 1. The number of carbonyl (C=O) groups is 5. The molecule has 13 nitrogen and oxygen atoms in total. The van der Waals surface area contributed by atoms with E-state index in [-0.39, 0.29) is 34.6 Å². The first-order valence-corrected chi connectivity index (χ1v) is 13.2. The molecule has 15 heteroatoms. The van der Waals surface area contributed by atoms with Crippen LogP contribution in [-0.2, 0) is 40.2 Å². The van der Waals surface area contributed by atoms with Gasteiger partial charge in [0.25, 0.3) is 11.8 Å². The van der Waals surface area contributed by atoms with Gasteiger partial charge >= 0.3 is 11.9 Å². The summed E-state index contributed by atoms with van der Waals surface area (Å²) < 4.78 is 5.12. The van der Waals surface area contributed by atoms with E-state index in [1.54, 1.807) is 24.3 Å². The number of benzene rings is 1. The van der Waals surface area contributed by atoms with Crippen LogP contribution < -0.4 is 10.6 Å². The molecule has 3 heterocycles. The Hall–Kier alpha value is -4.50. The number of rotatable bonds is 12. The van der Waals surface area contributed by atoms with Crippen LogP contribution in [0, 0.1) is 0 Å². The number of amides is 3. The Bertz CT molecular complexity index is 1370. The number of ether oxygens (including phenoxy) is 1. The molecule has 0 aliphatic carbocycles. The Morgan fingerprint density at radius 2 is 2.05 bits per heavy atom. The molecule has 4 rings (SSSR count). The maximum atomic E-state index is 13.2. The Kier molecular flexibility index (Phi) is 8.73. The molecular weight excluding hydrogens is 550 g/mol. The molecule has 1 aromatic carbocycles. The molecule has 2 aliphatic rings. The molecule has 202 valence electrons. The van der Waals surface area contributed by atoms with Crippen molar-refractivity contribution in [3.63, 3.8) is 0 Å². The van der Waals surface area contributed by atoms with E-state index in [0.29, 0.717) is 12.0 Å². The molecule has 2 aromatic rings. The third-order valence-electron chi connectivity index (χ3n) is 5.46.